The van der Waals surface area contributed by atoms with Gasteiger partial charge in [-0.05, 0) is 24.5 Å². The zero-order valence-electron chi connectivity index (χ0n) is 21.5. The number of nitrogens with zero attached hydrogens (tertiary/aromatic N) is 1. The first-order valence-electron chi connectivity index (χ1n) is 13.7. The second-order valence-corrected chi connectivity index (χ2v) is 9.74. The van der Waals surface area contributed by atoms with Gasteiger partial charge < -0.3 is 20.5 Å². The number of H-pyrrole nitrogens is 1. The molecule has 6 heteroatoms. The molecule has 4 N–H and O–H groups in total. The van der Waals surface area contributed by atoms with Crippen LogP contribution in [0.15, 0.2) is 41.1 Å². The monoisotopic (exact) mass is 480 g/mol. The highest BCUT2D eigenvalue weighted by Crippen LogP contribution is 2.23. The maximum atomic E-state index is 12.4. The molecule has 2 heterocycles. The average Bonchev–Trinajstić information content (AvgIpc) is 3.52. The van der Waals surface area contributed by atoms with Gasteiger partial charge in [0.05, 0.1) is 6.04 Å². The number of oxazole rings is 1. The van der Waals surface area contributed by atoms with E-state index in [1.54, 1.807) is 0 Å². The highest BCUT2D eigenvalue weighted by atomic mass is 16.3. The number of rotatable bonds is 18. The summed E-state index contributed by atoms with van der Waals surface area (Å²) in [6, 6.07) is 7.71. The third kappa shape index (κ3) is 9.17. The molecule has 1 amide bonds. The summed E-state index contributed by atoms with van der Waals surface area (Å²) in [5.41, 5.74) is 8.81. The Kier molecular flexibility index (Phi) is 11.9. The normalized spacial score (nSPS) is 12.3. The van der Waals surface area contributed by atoms with Crippen molar-refractivity contribution < 1.29 is 9.21 Å². The molecule has 6 nitrogen and oxygen atoms in total. The van der Waals surface area contributed by atoms with Crippen molar-refractivity contribution in [1.82, 2.24) is 15.3 Å². The molecule has 3 rings (SSSR count). The van der Waals surface area contributed by atoms with Crippen molar-refractivity contribution in [2.45, 2.75) is 103 Å². The highest BCUT2D eigenvalue weighted by molar-refractivity contribution is 5.91. The van der Waals surface area contributed by atoms with E-state index >= 15 is 0 Å². The van der Waals surface area contributed by atoms with Crippen LogP contribution in [0.2, 0.25) is 0 Å². The summed E-state index contributed by atoms with van der Waals surface area (Å²) < 4.78 is 5.53. The molecule has 0 spiro atoms. The lowest BCUT2D eigenvalue weighted by atomic mass is 10.0. The van der Waals surface area contributed by atoms with Crippen molar-refractivity contribution in [1.29, 1.82) is 0 Å². The van der Waals surface area contributed by atoms with E-state index in [1.807, 2.05) is 24.4 Å². The zero-order chi connectivity index (χ0) is 24.7. The third-order valence-electron chi connectivity index (χ3n) is 6.75. The van der Waals surface area contributed by atoms with E-state index in [4.69, 9.17) is 10.2 Å². The van der Waals surface area contributed by atoms with Crippen LogP contribution in [0.25, 0.3) is 10.9 Å². The average molecular weight is 481 g/mol. The fourth-order valence-electron chi connectivity index (χ4n) is 4.62. The summed E-state index contributed by atoms with van der Waals surface area (Å²) in [4.78, 5) is 20.0. The van der Waals surface area contributed by atoms with Crippen molar-refractivity contribution >= 4 is 16.8 Å². The zero-order valence-corrected chi connectivity index (χ0v) is 21.5. The van der Waals surface area contributed by atoms with Crippen molar-refractivity contribution in [3.63, 3.8) is 0 Å². The predicted molar refractivity (Wildman–Crippen MR) is 143 cm³/mol. The van der Waals surface area contributed by atoms with Crippen LogP contribution in [0.3, 0.4) is 0 Å². The number of aromatic amines is 1. The van der Waals surface area contributed by atoms with Gasteiger partial charge in [-0.25, -0.2) is 4.98 Å². The molecule has 3 aromatic rings. The molecular formula is C29H44N4O2. The summed E-state index contributed by atoms with van der Waals surface area (Å²) in [6.45, 7) is 2.94. The summed E-state index contributed by atoms with van der Waals surface area (Å²) in [5.74, 6) is 0.194. The van der Waals surface area contributed by atoms with Crippen LogP contribution in [0.1, 0.15) is 118 Å². The third-order valence-corrected chi connectivity index (χ3v) is 6.75. The van der Waals surface area contributed by atoms with Gasteiger partial charge in [-0.2, -0.15) is 0 Å². The molecule has 0 aliphatic rings. The van der Waals surface area contributed by atoms with E-state index in [0.29, 0.717) is 24.6 Å². The highest BCUT2D eigenvalue weighted by Gasteiger charge is 2.18. The van der Waals surface area contributed by atoms with Crippen LogP contribution in [0.5, 0.6) is 0 Å². The molecule has 35 heavy (non-hydrogen) atoms. The lowest BCUT2D eigenvalue weighted by Gasteiger charge is -2.06. The largest absolute Gasteiger partial charge is 0.446 e. The molecule has 192 valence electrons. The Morgan fingerprint density at radius 1 is 0.971 bits per heavy atom. The van der Waals surface area contributed by atoms with E-state index in [9.17, 15) is 4.79 Å². The van der Waals surface area contributed by atoms with Crippen LogP contribution in [0.4, 0.5) is 0 Å². The van der Waals surface area contributed by atoms with Gasteiger partial charge in [-0.3, -0.25) is 4.79 Å². The van der Waals surface area contributed by atoms with Gasteiger partial charge in [-0.15, -0.1) is 0 Å². The molecule has 0 saturated carbocycles. The van der Waals surface area contributed by atoms with Gasteiger partial charge in [0.1, 0.15) is 6.26 Å². The Labute approximate surface area is 210 Å². The fraction of sp³-hybridized carbons (Fsp3) is 0.586. The number of para-hydroxylation sites is 1. The van der Waals surface area contributed by atoms with E-state index < -0.39 is 6.04 Å². The first-order valence-corrected chi connectivity index (χ1v) is 13.7. The number of nitrogens with two attached hydrogens (primary N) is 1. The minimum atomic E-state index is -0.406. The topological polar surface area (TPSA) is 96.9 Å². The predicted octanol–water partition coefficient (Wildman–Crippen LogP) is 7.22. The van der Waals surface area contributed by atoms with Gasteiger partial charge >= 0.3 is 0 Å². The summed E-state index contributed by atoms with van der Waals surface area (Å²) >= 11 is 0. The van der Waals surface area contributed by atoms with Crippen LogP contribution < -0.4 is 11.1 Å². The maximum Gasteiger partial charge on any atom is 0.273 e. The van der Waals surface area contributed by atoms with Crippen LogP contribution in [-0.4, -0.2) is 22.4 Å². The van der Waals surface area contributed by atoms with Gasteiger partial charge in [0.2, 0.25) is 5.89 Å². The molecule has 0 bridgehead atoms. The SMILES string of the molecule is CCCCCCCCCCCCCCCNC(=O)c1coc(C(N)Cc2c[nH]c3ccccc23)n1. The number of amides is 1. The lowest BCUT2D eigenvalue weighted by Crippen LogP contribution is -2.25. The molecule has 0 aliphatic heterocycles. The molecule has 1 unspecified atom stereocenters. The second kappa shape index (κ2) is 15.4. The van der Waals surface area contributed by atoms with Gasteiger partial charge in [0.15, 0.2) is 5.69 Å². The molecular weight excluding hydrogens is 436 g/mol. The number of hydrogen-bond acceptors (Lipinski definition) is 4. The molecule has 1 aromatic carbocycles. The molecule has 0 saturated heterocycles. The standard InChI is InChI=1S/C29H44N4O2/c1-2-3-4-5-6-7-8-9-10-11-12-13-16-19-31-28(34)27-22-35-29(33-27)25(30)20-23-21-32-26-18-15-14-17-24(23)26/h14-15,17-18,21-22,25,32H,2-13,16,19-20,30H2,1H3,(H,31,34). The molecule has 0 fully saturated rings. The number of hydrogen-bond donors (Lipinski definition) is 3. The summed E-state index contributed by atoms with van der Waals surface area (Å²) in [7, 11) is 0. The number of aromatic nitrogens is 2. The Morgan fingerprint density at radius 2 is 1.60 bits per heavy atom. The number of benzene rings is 1. The van der Waals surface area contributed by atoms with Crippen molar-refractivity contribution in [3.05, 3.63) is 53.9 Å². The number of fused-ring (bicyclic) bond motifs is 1. The second-order valence-electron chi connectivity index (χ2n) is 9.74. The first kappa shape index (κ1) is 27.0. The van der Waals surface area contributed by atoms with Crippen molar-refractivity contribution in [2.24, 2.45) is 5.73 Å². The van der Waals surface area contributed by atoms with Crippen molar-refractivity contribution in [3.8, 4) is 0 Å². The Morgan fingerprint density at radius 3 is 2.29 bits per heavy atom. The molecule has 1 atom stereocenters. The van der Waals surface area contributed by atoms with Gasteiger partial charge in [0.25, 0.3) is 5.91 Å². The number of carbonyl (C=O) groups is 1. The fourth-order valence-corrected chi connectivity index (χ4v) is 4.62. The van der Waals surface area contributed by atoms with E-state index in [-0.39, 0.29) is 5.91 Å². The Balaban J connectivity index is 1.24. The molecule has 2 aromatic heterocycles. The minimum absolute atomic E-state index is 0.196. The lowest BCUT2D eigenvalue weighted by molar-refractivity contribution is 0.0948. The Bertz CT molecular complexity index is 993. The maximum absolute atomic E-state index is 12.4. The van der Waals surface area contributed by atoms with Crippen LogP contribution >= 0.6 is 0 Å². The summed E-state index contributed by atoms with van der Waals surface area (Å²) in [6.07, 6.45) is 21.1. The van der Waals surface area contributed by atoms with Gasteiger partial charge in [-0.1, -0.05) is 102 Å². The smallest absolute Gasteiger partial charge is 0.273 e. The van der Waals surface area contributed by atoms with Crippen molar-refractivity contribution in [2.75, 3.05) is 6.54 Å². The van der Waals surface area contributed by atoms with E-state index in [2.05, 4.69) is 28.3 Å². The Hall–Kier alpha value is -2.60. The van der Waals surface area contributed by atoms with Crippen LogP contribution in [-0.2, 0) is 6.42 Å². The number of carbonyl (C=O) groups excluding carboxylic acids is 1. The van der Waals surface area contributed by atoms with Crippen LogP contribution in [0, 0.1) is 0 Å². The number of unbranched alkanes of at least 4 members (excludes halogenated alkanes) is 12. The minimum Gasteiger partial charge on any atom is -0.446 e. The van der Waals surface area contributed by atoms with Gasteiger partial charge in [0, 0.05) is 23.6 Å². The quantitative estimate of drug-likeness (QED) is 0.167. The molecule has 0 aliphatic carbocycles. The first-order chi connectivity index (χ1) is 17.2. The van der Waals surface area contributed by atoms with E-state index in [1.165, 1.54) is 76.9 Å². The number of nitrogens with one attached hydrogen (secondary N) is 2. The van der Waals surface area contributed by atoms with E-state index in [0.717, 1.165) is 29.3 Å². The molecule has 0 radical (unpaired) electrons. The summed E-state index contributed by atoms with van der Waals surface area (Å²) in [5, 5.41) is 4.10.